The van der Waals surface area contributed by atoms with Crippen molar-refractivity contribution in [1.29, 1.82) is 0 Å². The highest BCUT2D eigenvalue weighted by Crippen LogP contribution is 2.30. The van der Waals surface area contributed by atoms with Crippen molar-refractivity contribution in [3.8, 4) is 0 Å². The summed E-state index contributed by atoms with van der Waals surface area (Å²) in [6.07, 6.45) is 2.54. The van der Waals surface area contributed by atoms with Crippen molar-refractivity contribution in [2.75, 3.05) is 5.32 Å². The largest absolute Gasteiger partial charge is 0.550 e. The number of nitrogens with one attached hydrogen (secondary N) is 1. The second kappa shape index (κ2) is 6.34. The van der Waals surface area contributed by atoms with Crippen molar-refractivity contribution in [2.24, 2.45) is 11.8 Å². The normalized spacial score (nSPS) is 21.5. The van der Waals surface area contributed by atoms with Crippen molar-refractivity contribution in [1.82, 2.24) is 0 Å². The minimum Gasteiger partial charge on any atom is -0.550 e. The topological polar surface area (TPSA) is 112 Å². The molecule has 2 atom stereocenters. The van der Waals surface area contributed by atoms with Crippen LogP contribution in [0.15, 0.2) is 24.3 Å². The quantitative estimate of drug-likeness (QED) is 0.659. The lowest BCUT2D eigenvalue weighted by atomic mass is 9.78. The van der Waals surface area contributed by atoms with E-state index in [1.165, 1.54) is 24.3 Å². The molecule has 2 rings (SSSR count). The summed E-state index contributed by atoms with van der Waals surface area (Å²) in [4.78, 5) is 33.3. The van der Waals surface area contributed by atoms with E-state index in [0.717, 1.165) is 12.8 Å². The number of nitro benzene ring substituents is 1. The summed E-state index contributed by atoms with van der Waals surface area (Å²) < 4.78 is 0. The first kappa shape index (κ1) is 15.0. The van der Waals surface area contributed by atoms with Crippen LogP contribution in [-0.4, -0.2) is 16.8 Å². The molecular weight excluding hydrogens is 276 g/mol. The molecule has 0 aromatic heterocycles. The molecule has 1 aromatic rings. The first-order chi connectivity index (χ1) is 9.99. The van der Waals surface area contributed by atoms with Gasteiger partial charge in [0.1, 0.15) is 0 Å². The Morgan fingerprint density at radius 2 is 1.67 bits per heavy atom. The van der Waals surface area contributed by atoms with E-state index in [4.69, 9.17) is 0 Å². The maximum atomic E-state index is 12.2. The molecule has 1 aromatic carbocycles. The highest BCUT2D eigenvalue weighted by molar-refractivity contribution is 5.95. The third-order valence-electron chi connectivity index (χ3n) is 3.75. The van der Waals surface area contributed by atoms with Gasteiger partial charge in [-0.3, -0.25) is 14.9 Å². The molecular formula is C14H15N2O5-. The summed E-state index contributed by atoms with van der Waals surface area (Å²) in [5.74, 6) is -2.95. The van der Waals surface area contributed by atoms with Crippen LogP contribution in [0.1, 0.15) is 25.7 Å². The van der Waals surface area contributed by atoms with Gasteiger partial charge in [-0.25, -0.2) is 0 Å². The number of hydrogen-bond donors (Lipinski definition) is 1. The number of non-ortho nitro benzene ring substituents is 1. The minimum atomic E-state index is -1.20. The second-order valence-corrected chi connectivity index (χ2v) is 5.11. The zero-order valence-electron chi connectivity index (χ0n) is 11.3. The lowest BCUT2D eigenvalue weighted by Gasteiger charge is -2.31. The lowest BCUT2D eigenvalue weighted by molar-refractivity contribution is -0.384. The smallest absolute Gasteiger partial charge is 0.269 e. The fourth-order valence-corrected chi connectivity index (χ4v) is 2.63. The molecule has 1 aliphatic carbocycles. The Labute approximate surface area is 121 Å². The van der Waals surface area contributed by atoms with Crippen LogP contribution in [0.25, 0.3) is 0 Å². The van der Waals surface area contributed by atoms with Crippen molar-refractivity contribution in [3.05, 3.63) is 34.4 Å². The molecule has 112 valence electrons. The van der Waals surface area contributed by atoms with Gasteiger partial charge in [0.05, 0.1) is 4.92 Å². The zero-order chi connectivity index (χ0) is 15.4. The number of nitrogens with zero attached hydrogens (tertiary/aromatic N) is 1. The van der Waals surface area contributed by atoms with Crippen molar-refractivity contribution < 1.29 is 19.6 Å². The molecule has 0 bridgehead atoms. The van der Waals surface area contributed by atoms with Gasteiger partial charge in [0, 0.05) is 35.6 Å². The Balaban J connectivity index is 2.05. The zero-order valence-corrected chi connectivity index (χ0v) is 11.3. The van der Waals surface area contributed by atoms with Crippen LogP contribution in [0.5, 0.6) is 0 Å². The maximum Gasteiger partial charge on any atom is 0.269 e. The summed E-state index contributed by atoms with van der Waals surface area (Å²) in [5, 5.41) is 24.2. The molecule has 1 N–H and O–H groups in total. The van der Waals surface area contributed by atoms with Crippen LogP contribution in [0.4, 0.5) is 11.4 Å². The highest BCUT2D eigenvalue weighted by atomic mass is 16.6. The van der Waals surface area contributed by atoms with Gasteiger partial charge in [-0.05, 0) is 25.0 Å². The number of aliphatic carboxylic acids is 1. The van der Waals surface area contributed by atoms with Crippen LogP contribution in [0, 0.1) is 22.0 Å². The molecule has 1 aliphatic rings. The monoisotopic (exact) mass is 291 g/mol. The minimum absolute atomic E-state index is 0.0710. The molecule has 0 spiro atoms. The summed E-state index contributed by atoms with van der Waals surface area (Å²) in [7, 11) is 0. The van der Waals surface area contributed by atoms with Gasteiger partial charge >= 0.3 is 0 Å². The predicted octanol–water partition coefficient (Wildman–Crippen LogP) is 1.09. The Morgan fingerprint density at radius 1 is 1.10 bits per heavy atom. The predicted molar refractivity (Wildman–Crippen MR) is 72.2 cm³/mol. The number of benzene rings is 1. The Bertz CT molecular complexity index is 555. The molecule has 1 amide bonds. The summed E-state index contributed by atoms with van der Waals surface area (Å²) in [6.45, 7) is 0. The van der Waals surface area contributed by atoms with Crippen molar-refractivity contribution in [2.45, 2.75) is 25.7 Å². The Morgan fingerprint density at radius 3 is 2.19 bits per heavy atom. The molecule has 1 fully saturated rings. The molecule has 7 nitrogen and oxygen atoms in total. The second-order valence-electron chi connectivity index (χ2n) is 5.11. The van der Waals surface area contributed by atoms with E-state index in [0.29, 0.717) is 18.5 Å². The average Bonchev–Trinajstić information content (AvgIpc) is 2.47. The maximum absolute atomic E-state index is 12.2. The third-order valence-corrected chi connectivity index (χ3v) is 3.75. The number of anilines is 1. The first-order valence-electron chi connectivity index (χ1n) is 6.75. The van der Waals surface area contributed by atoms with Crippen molar-refractivity contribution >= 4 is 23.3 Å². The number of carboxylic acids is 1. The van der Waals surface area contributed by atoms with E-state index in [9.17, 15) is 24.8 Å². The molecule has 7 heteroatoms. The number of hydrogen-bond acceptors (Lipinski definition) is 5. The van der Waals surface area contributed by atoms with E-state index in [2.05, 4.69) is 5.32 Å². The SMILES string of the molecule is O=C([O-])[C@H]1CCCC[C@H]1C(=O)Nc1ccc([N+](=O)[O-])cc1. The molecule has 0 aliphatic heterocycles. The van der Waals surface area contributed by atoms with E-state index >= 15 is 0 Å². The first-order valence-corrected chi connectivity index (χ1v) is 6.75. The Hall–Kier alpha value is -2.44. The summed E-state index contributed by atoms with van der Waals surface area (Å²) in [6, 6.07) is 5.42. The van der Waals surface area contributed by atoms with Crippen LogP contribution in [0.2, 0.25) is 0 Å². The number of amides is 1. The van der Waals surface area contributed by atoms with Crippen LogP contribution in [0.3, 0.4) is 0 Å². The summed E-state index contributed by atoms with van der Waals surface area (Å²) >= 11 is 0. The van der Waals surface area contributed by atoms with Gasteiger partial charge in [-0.2, -0.15) is 0 Å². The number of nitro groups is 1. The third kappa shape index (κ3) is 3.56. The molecule has 0 radical (unpaired) electrons. The van der Waals surface area contributed by atoms with Gasteiger partial charge < -0.3 is 15.2 Å². The molecule has 0 unspecified atom stereocenters. The van der Waals surface area contributed by atoms with Crippen LogP contribution >= 0.6 is 0 Å². The van der Waals surface area contributed by atoms with Gasteiger partial charge in [0.2, 0.25) is 5.91 Å². The molecule has 21 heavy (non-hydrogen) atoms. The fourth-order valence-electron chi connectivity index (χ4n) is 2.63. The average molecular weight is 291 g/mol. The van der Waals surface area contributed by atoms with E-state index in [1.54, 1.807) is 0 Å². The van der Waals surface area contributed by atoms with Gasteiger partial charge in [-0.1, -0.05) is 12.8 Å². The van der Waals surface area contributed by atoms with Crippen molar-refractivity contribution in [3.63, 3.8) is 0 Å². The number of carbonyl (C=O) groups excluding carboxylic acids is 2. The van der Waals surface area contributed by atoms with Gasteiger partial charge in [-0.15, -0.1) is 0 Å². The van der Waals surface area contributed by atoms with E-state index < -0.39 is 22.7 Å². The van der Waals surface area contributed by atoms with Gasteiger partial charge in [0.25, 0.3) is 5.69 Å². The number of rotatable bonds is 4. The van der Waals surface area contributed by atoms with E-state index in [1.807, 2.05) is 0 Å². The summed E-state index contributed by atoms with van der Waals surface area (Å²) in [5.41, 5.74) is 0.339. The number of carboxylic acid groups (broad SMARTS) is 1. The lowest BCUT2D eigenvalue weighted by Crippen LogP contribution is -2.42. The van der Waals surface area contributed by atoms with Gasteiger partial charge in [0.15, 0.2) is 0 Å². The molecule has 0 heterocycles. The fraction of sp³-hybridized carbons (Fsp3) is 0.429. The standard InChI is InChI=1S/C14H16N2O5/c17-13(11-3-1-2-4-12(11)14(18)19)15-9-5-7-10(8-6-9)16(20)21/h5-8,11-12H,1-4H2,(H,15,17)(H,18,19)/p-1/t11-,12+/m1/s1. The van der Waals surface area contributed by atoms with Crippen LogP contribution < -0.4 is 10.4 Å². The molecule has 0 saturated heterocycles. The van der Waals surface area contributed by atoms with Crippen LogP contribution in [-0.2, 0) is 9.59 Å². The van der Waals surface area contributed by atoms with E-state index in [-0.39, 0.29) is 11.6 Å². The number of carbonyl (C=O) groups is 2. The molecule has 1 saturated carbocycles. The Kier molecular flexibility index (Phi) is 4.52. The highest BCUT2D eigenvalue weighted by Gasteiger charge is 2.31.